The molecule has 1 amide bonds. The first-order valence-corrected chi connectivity index (χ1v) is 12.8. The smallest absolute Gasteiger partial charge is 0.242 e. The van der Waals surface area contributed by atoms with E-state index in [1.54, 1.807) is 6.07 Å². The number of carbonyl (C=O) groups excluding carboxylic acids is 1. The molecule has 0 spiro atoms. The van der Waals surface area contributed by atoms with E-state index in [1.165, 1.54) is 37.1 Å². The number of amides is 1. The highest BCUT2D eigenvalue weighted by atomic mass is 35.5. The first kappa shape index (κ1) is 24.1. The first-order chi connectivity index (χ1) is 15.3. The number of thioether (sulfide) groups is 1. The van der Waals surface area contributed by atoms with Gasteiger partial charge in [0, 0.05) is 4.90 Å². The lowest BCUT2D eigenvalue weighted by molar-refractivity contribution is -0.117. The molecule has 0 unspecified atom stereocenters. The maximum atomic E-state index is 13.2. The molecule has 0 aromatic heterocycles. The van der Waals surface area contributed by atoms with Crippen molar-refractivity contribution in [1.29, 1.82) is 0 Å². The number of methoxy groups -OCH3 is 1. The second-order valence-electron chi connectivity index (χ2n) is 6.85. The summed E-state index contributed by atoms with van der Waals surface area (Å²) in [6.45, 7) is 0. The first-order valence-electron chi connectivity index (χ1n) is 9.67. The van der Waals surface area contributed by atoms with Gasteiger partial charge in [-0.3, -0.25) is 4.79 Å². The van der Waals surface area contributed by atoms with E-state index in [0.717, 1.165) is 10.5 Å². The molecule has 2 N–H and O–H groups in total. The number of ether oxygens (including phenoxy) is 1. The monoisotopic (exact) mass is 490 g/mol. The molecule has 32 heavy (non-hydrogen) atoms. The molecule has 0 aliphatic heterocycles. The number of hydrogen-bond acceptors (Lipinski definition) is 5. The van der Waals surface area contributed by atoms with Gasteiger partial charge in [0.15, 0.2) is 0 Å². The second kappa shape index (κ2) is 10.9. The number of para-hydroxylation sites is 1. The van der Waals surface area contributed by atoms with Crippen LogP contribution in [0.15, 0.2) is 82.6 Å². The van der Waals surface area contributed by atoms with Gasteiger partial charge in [0.1, 0.15) is 11.8 Å². The number of nitrogens with one attached hydrogen (secondary N) is 2. The van der Waals surface area contributed by atoms with Gasteiger partial charge in [0.2, 0.25) is 15.9 Å². The number of carbonyl (C=O) groups is 1. The van der Waals surface area contributed by atoms with Crippen molar-refractivity contribution in [1.82, 2.24) is 4.72 Å². The number of anilines is 1. The largest absolute Gasteiger partial charge is 0.495 e. The van der Waals surface area contributed by atoms with Gasteiger partial charge in [0.05, 0.1) is 22.7 Å². The Bertz CT molecular complexity index is 1190. The van der Waals surface area contributed by atoms with E-state index in [2.05, 4.69) is 10.0 Å². The average Bonchev–Trinajstić information content (AvgIpc) is 2.79. The summed E-state index contributed by atoms with van der Waals surface area (Å²) in [5.41, 5.74) is 1.44. The highest BCUT2D eigenvalue weighted by molar-refractivity contribution is 7.98. The zero-order valence-electron chi connectivity index (χ0n) is 17.5. The maximum Gasteiger partial charge on any atom is 0.242 e. The highest BCUT2D eigenvalue weighted by Gasteiger charge is 2.27. The Morgan fingerprint density at radius 3 is 2.41 bits per heavy atom. The van der Waals surface area contributed by atoms with Crippen molar-refractivity contribution < 1.29 is 17.9 Å². The zero-order chi connectivity index (χ0) is 23.1. The number of hydrogen-bond donors (Lipinski definition) is 2. The molecule has 168 valence electrons. The Morgan fingerprint density at radius 1 is 1.06 bits per heavy atom. The second-order valence-corrected chi connectivity index (χ2v) is 9.82. The van der Waals surface area contributed by atoms with E-state index < -0.39 is 22.0 Å². The lowest BCUT2D eigenvalue weighted by atomic mass is 10.1. The third-order valence-corrected chi connectivity index (χ3v) is 7.26. The van der Waals surface area contributed by atoms with Crippen molar-refractivity contribution >= 4 is 45.0 Å². The van der Waals surface area contributed by atoms with Crippen LogP contribution in [0.2, 0.25) is 5.02 Å². The molecule has 0 aliphatic carbocycles. The molecule has 0 saturated heterocycles. The summed E-state index contributed by atoms with van der Waals surface area (Å²) in [6.07, 6.45) is 2.08. The minimum atomic E-state index is -4.04. The molecular weight excluding hydrogens is 468 g/mol. The Labute approximate surface area is 197 Å². The summed E-state index contributed by atoms with van der Waals surface area (Å²) in [5, 5.41) is 3.01. The van der Waals surface area contributed by atoms with Crippen LogP contribution in [-0.4, -0.2) is 33.7 Å². The molecule has 9 heteroatoms. The van der Waals surface area contributed by atoms with Crippen LogP contribution >= 0.6 is 23.4 Å². The van der Waals surface area contributed by atoms with Gasteiger partial charge in [-0.25, -0.2) is 8.42 Å². The molecule has 3 aromatic carbocycles. The fraction of sp³-hybridized carbons (Fsp3) is 0.174. The normalized spacial score (nSPS) is 12.2. The lowest BCUT2D eigenvalue weighted by Gasteiger charge is -2.20. The average molecular weight is 491 g/mol. The molecule has 0 fully saturated rings. The molecule has 0 saturated carbocycles. The van der Waals surface area contributed by atoms with Crippen LogP contribution in [0.25, 0.3) is 0 Å². The van der Waals surface area contributed by atoms with Crippen LogP contribution < -0.4 is 14.8 Å². The Hall–Kier alpha value is -2.52. The van der Waals surface area contributed by atoms with Crippen molar-refractivity contribution in [2.45, 2.75) is 22.3 Å². The van der Waals surface area contributed by atoms with Gasteiger partial charge in [-0.15, -0.1) is 11.8 Å². The molecule has 6 nitrogen and oxygen atoms in total. The maximum absolute atomic E-state index is 13.2. The molecule has 0 bridgehead atoms. The molecule has 0 heterocycles. The van der Waals surface area contributed by atoms with Crippen LogP contribution in [0.1, 0.15) is 5.56 Å². The summed E-state index contributed by atoms with van der Waals surface area (Å²) >= 11 is 7.59. The SMILES string of the molecule is COc1ccc(S(=O)(=O)N[C@H](Cc2ccccc2)C(=O)Nc2ccccc2SC)cc1Cl. The Balaban J connectivity index is 1.90. The van der Waals surface area contributed by atoms with Crippen molar-refractivity contribution in [2.75, 3.05) is 18.7 Å². The minimum Gasteiger partial charge on any atom is -0.495 e. The third kappa shape index (κ3) is 6.04. The van der Waals surface area contributed by atoms with Gasteiger partial charge in [0.25, 0.3) is 0 Å². The van der Waals surface area contributed by atoms with Crippen LogP contribution in [0.4, 0.5) is 5.69 Å². The summed E-state index contributed by atoms with van der Waals surface area (Å²) in [4.78, 5) is 14.0. The van der Waals surface area contributed by atoms with E-state index in [1.807, 2.05) is 54.8 Å². The van der Waals surface area contributed by atoms with Crippen molar-refractivity contribution in [3.63, 3.8) is 0 Å². The topological polar surface area (TPSA) is 84.5 Å². The van der Waals surface area contributed by atoms with Crippen molar-refractivity contribution in [3.05, 3.63) is 83.4 Å². The van der Waals surface area contributed by atoms with Gasteiger partial charge >= 0.3 is 0 Å². The van der Waals surface area contributed by atoms with E-state index in [-0.39, 0.29) is 16.3 Å². The summed E-state index contributed by atoms with van der Waals surface area (Å²) in [7, 11) is -2.59. The molecule has 1 atom stereocenters. The van der Waals surface area contributed by atoms with Gasteiger partial charge in [-0.05, 0) is 48.6 Å². The fourth-order valence-corrected chi connectivity index (χ4v) is 5.17. The predicted octanol–water partition coefficient (Wildman–Crippen LogP) is 4.60. The molecule has 0 radical (unpaired) electrons. The molecular formula is C23H23ClN2O4S2. The number of halogens is 1. The Morgan fingerprint density at radius 2 is 1.75 bits per heavy atom. The standard InChI is InChI=1S/C23H23ClN2O4S2/c1-30-21-13-12-17(15-18(21)24)32(28,29)26-20(14-16-8-4-3-5-9-16)23(27)25-19-10-6-7-11-22(19)31-2/h3-13,15,20,26H,14H2,1-2H3,(H,25,27)/t20-/m1/s1. The van der Waals surface area contributed by atoms with Gasteiger partial charge in [-0.1, -0.05) is 54.1 Å². The quantitative estimate of drug-likeness (QED) is 0.428. The number of benzene rings is 3. The lowest BCUT2D eigenvalue weighted by Crippen LogP contribution is -2.45. The van der Waals surface area contributed by atoms with Crippen LogP contribution in [0.3, 0.4) is 0 Å². The number of sulfonamides is 1. The fourth-order valence-electron chi connectivity index (χ4n) is 3.08. The third-order valence-electron chi connectivity index (χ3n) is 4.69. The predicted molar refractivity (Wildman–Crippen MR) is 129 cm³/mol. The summed E-state index contributed by atoms with van der Waals surface area (Å²) < 4.78 is 33.8. The molecule has 3 rings (SSSR count). The minimum absolute atomic E-state index is 0.0568. The molecule has 3 aromatic rings. The van der Waals surface area contributed by atoms with E-state index in [4.69, 9.17) is 16.3 Å². The van der Waals surface area contributed by atoms with Crippen LogP contribution in [0.5, 0.6) is 5.75 Å². The van der Waals surface area contributed by atoms with Gasteiger partial charge in [-0.2, -0.15) is 4.72 Å². The van der Waals surface area contributed by atoms with E-state index in [0.29, 0.717) is 11.4 Å². The van der Waals surface area contributed by atoms with Crippen LogP contribution in [-0.2, 0) is 21.2 Å². The zero-order valence-corrected chi connectivity index (χ0v) is 19.9. The van der Waals surface area contributed by atoms with E-state index >= 15 is 0 Å². The van der Waals surface area contributed by atoms with Gasteiger partial charge < -0.3 is 10.1 Å². The Kier molecular flexibility index (Phi) is 8.20. The summed E-state index contributed by atoms with van der Waals surface area (Å²) in [5.74, 6) is -0.101. The number of rotatable bonds is 9. The van der Waals surface area contributed by atoms with Crippen molar-refractivity contribution in [2.24, 2.45) is 0 Å². The van der Waals surface area contributed by atoms with Crippen LogP contribution in [0, 0.1) is 0 Å². The summed E-state index contributed by atoms with van der Waals surface area (Å²) in [6, 6.07) is 19.7. The van der Waals surface area contributed by atoms with E-state index in [9.17, 15) is 13.2 Å². The van der Waals surface area contributed by atoms with Crippen molar-refractivity contribution in [3.8, 4) is 5.75 Å². The molecule has 0 aliphatic rings. The highest BCUT2D eigenvalue weighted by Crippen LogP contribution is 2.28.